The number of hydrogen-bond acceptors (Lipinski definition) is 2. The highest BCUT2D eigenvalue weighted by Gasteiger charge is 2.05. The summed E-state index contributed by atoms with van der Waals surface area (Å²) < 4.78 is 0. The number of unbranched alkanes of at least 4 members (excludes halogenated alkanes) is 1. The predicted molar refractivity (Wildman–Crippen MR) is 64.4 cm³/mol. The highest BCUT2D eigenvalue weighted by atomic mass is 15.1. The second kappa shape index (κ2) is 9.22. The summed E-state index contributed by atoms with van der Waals surface area (Å²) in [4.78, 5) is 2.39. The summed E-state index contributed by atoms with van der Waals surface area (Å²) in [6.07, 6.45) is 6.77. The maximum Gasteiger partial charge on any atom is -0.00187 e. The van der Waals surface area contributed by atoms with E-state index in [0.717, 1.165) is 13.0 Å². The van der Waals surface area contributed by atoms with E-state index in [0.29, 0.717) is 5.92 Å². The van der Waals surface area contributed by atoms with Crippen LogP contribution < -0.4 is 5.73 Å². The van der Waals surface area contributed by atoms with Crippen LogP contribution in [-0.4, -0.2) is 31.6 Å². The molecule has 84 valence electrons. The maximum absolute atomic E-state index is 5.66. The van der Waals surface area contributed by atoms with Crippen LogP contribution in [0.4, 0.5) is 0 Å². The summed E-state index contributed by atoms with van der Waals surface area (Å²) in [7, 11) is 2.19. The Morgan fingerprint density at radius 2 is 2.14 bits per heavy atom. The zero-order valence-corrected chi connectivity index (χ0v) is 9.84. The monoisotopic (exact) mass is 198 g/mol. The molecule has 0 saturated carbocycles. The van der Waals surface area contributed by atoms with Gasteiger partial charge in [0.25, 0.3) is 0 Å². The molecule has 0 aromatic heterocycles. The van der Waals surface area contributed by atoms with Gasteiger partial charge in [0.2, 0.25) is 0 Å². The minimum absolute atomic E-state index is 0.705. The van der Waals surface area contributed by atoms with Crippen LogP contribution in [0.5, 0.6) is 0 Å². The van der Waals surface area contributed by atoms with Crippen LogP contribution in [0.1, 0.15) is 32.6 Å². The molecule has 0 heterocycles. The second-order valence-corrected chi connectivity index (χ2v) is 4.03. The van der Waals surface area contributed by atoms with Gasteiger partial charge < -0.3 is 10.6 Å². The molecule has 0 aromatic rings. The molecule has 14 heavy (non-hydrogen) atoms. The molecule has 1 unspecified atom stereocenters. The lowest BCUT2D eigenvalue weighted by molar-refractivity contribution is 0.296. The van der Waals surface area contributed by atoms with E-state index < -0.39 is 0 Å². The summed E-state index contributed by atoms with van der Waals surface area (Å²) in [5.74, 6) is 0.705. The Kier molecular flexibility index (Phi) is 9.00. The first kappa shape index (κ1) is 13.7. The molecule has 0 radical (unpaired) electrons. The smallest absolute Gasteiger partial charge is 0.00187 e. The normalized spacial score (nSPS) is 13.1. The van der Waals surface area contributed by atoms with Crippen LogP contribution >= 0.6 is 0 Å². The van der Waals surface area contributed by atoms with Crippen molar-refractivity contribution < 1.29 is 0 Å². The Balaban J connectivity index is 3.41. The van der Waals surface area contributed by atoms with Gasteiger partial charge in [-0.3, -0.25) is 0 Å². The first-order valence-corrected chi connectivity index (χ1v) is 5.74. The minimum Gasteiger partial charge on any atom is -0.330 e. The molecule has 0 fully saturated rings. The molecule has 0 saturated heterocycles. The summed E-state index contributed by atoms with van der Waals surface area (Å²) in [5.41, 5.74) is 5.66. The van der Waals surface area contributed by atoms with Crippen molar-refractivity contribution in [1.29, 1.82) is 0 Å². The molecule has 0 spiro atoms. The highest BCUT2D eigenvalue weighted by molar-refractivity contribution is 4.67. The molecule has 0 amide bonds. The van der Waals surface area contributed by atoms with Crippen LogP contribution in [0.2, 0.25) is 0 Å². The van der Waals surface area contributed by atoms with Crippen LogP contribution in [0.3, 0.4) is 0 Å². The highest BCUT2D eigenvalue weighted by Crippen LogP contribution is 2.06. The fourth-order valence-corrected chi connectivity index (χ4v) is 1.51. The van der Waals surface area contributed by atoms with Crippen LogP contribution in [0.15, 0.2) is 12.7 Å². The molecule has 0 aliphatic rings. The van der Waals surface area contributed by atoms with Crippen molar-refractivity contribution in [2.24, 2.45) is 11.7 Å². The number of allylic oxidation sites excluding steroid dienone is 1. The predicted octanol–water partition coefficient (Wildman–Crippen LogP) is 2.26. The van der Waals surface area contributed by atoms with E-state index in [9.17, 15) is 0 Å². The summed E-state index contributed by atoms with van der Waals surface area (Å²) in [5, 5.41) is 0. The zero-order chi connectivity index (χ0) is 10.8. The second-order valence-electron chi connectivity index (χ2n) is 4.03. The third-order valence-electron chi connectivity index (χ3n) is 2.78. The van der Waals surface area contributed by atoms with Crippen LogP contribution in [0.25, 0.3) is 0 Å². The molecule has 0 aliphatic carbocycles. The number of hydrogen-bond donors (Lipinski definition) is 1. The van der Waals surface area contributed by atoms with Crippen LogP contribution in [0, 0.1) is 5.92 Å². The first-order chi connectivity index (χ1) is 6.74. The van der Waals surface area contributed by atoms with Crippen molar-refractivity contribution in [3.05, 3.63) is 12.7 Å². The van der Waals surface area contributed by atoms with Crippen molar-refractivity contribution in [2.75, 3.05) is 26.7 Å². The van der Waals surface area contributed by atoms with E-state index in [1.807, 2.05) is 6.08 Å². The molecule has 0 bridgehead atoms. The molecule has 1 atom stereocenters. The average molecular weight is 198 g/mol. The van der Waals surface area contributed by atoms with Crippen molar-refractivity contribution >= 4 is 0 Å². The average Bonchev–Trinajstić information content (AvgIpc) is 2.20. The number of rotatable bonds is 9. The largest absolute Gasteiger partial charge is 0.330 e. The molecular weight excluding hydrogens is 172 g/mol. The van der Waals surface area contributed by atoms with E-state index in [-0.39, 0.29) is 0 Å². The van der Waals surface area contributed by atoms with Gasteiger partial charge in [0.15, 0.2) is 0 Å². The van der Waals surface area contributed by atoms with Crippen molar-refractivity contribution in [3.8, 4) is 0 Å². The topological polar surface area (TPSA) is 29.3 Å². The Morgan fingerprint density at radius 3 is 2.64 bits per heavy atom. The van der Waals surface area contributed by atoms with Crippen LogP contribution in [-0.2, 0) is 0 Å². The molecule has 0 rings (SSSR count). The Bertz CT molecular complexity index is 130. The maximum atomic E-state index is 5.66. The van der Waals surface area contributed by atoms with E-state index >= 15 is 0 Å². The fourth-order valence-electron chi connectivity index (χ4n) is 1.51. The third kappa shape index (κ3) is 7.10. The third-order valence-corrected chi connectivity index (χ3v) is 2.78. The standard InChI is InChI=1S/C12H26N2/c1-4-6-7-9-14(3)10-8-12(5-2)11-13/h4,12H,1,5-11,13H2,2-3H3. The first-order valence-electron chi connectivity index (χ1n) is 5.74. The van der Waals surface area contributed by atoms with Crippen molar-refractivity contribution in [3.63, 3.8) is 0 Å². The van der Waals surface area contributed by atoms with Gasteiger partial charge in [0.1, 0.15) is 0 Å². The molecule has 2 heteroatoms. The Labute approximate surface area is 89.2 Å². The van der Waals surface area contributed by atoms with Crippen molar-refractivity contribution in [2.45, 2.75) is 32.6 Å². The van der Waals surface area contributed by atoms with E-state index in [1.165, 1.54) is 32.4 Å². The molecule has 0 aliphatic heterocycles. The summed E-state index contributed by atoms with van der Waals surface area (Å²) in [6, 6.07) is 0. The lowest BCUT2D eigenvalue weighted by atomic mass is 10.0. The SMILES string of the molecule is C=CCCCN(C)CCC(CC)CN. The van der Waals surface area contributed by atoms with E-state index in [2.05, 4.69) is 25.5 Å². The minimum atomic E-state index is 0.705. The Morgan fingerprint density at radius 1 is 1.43 bits per heavy atom. The van der Waals surface area contributed by atoms with Gasteiger partial charge in [-0.2, -0.15) is 0 Å². The molecule has 2 N–H and O–H groups in total. The van der Waals surface area contributed by atoms with Crippen molar-refractivity contribution in [1.82, 2.24) is 4.90 Å². The van der Waals surface area contributed by atoms with Gasteiger partial charge in [-0.05, 0) is 51.9 Å². The fraction of sp³-hybridized carbons (Fsp3) is 0.833. The van der Waals surface area contributed by atoms with Gasteiger partial charge in [-0.25, -0.2) is 0 Å². The Hall–Kier alpha value is -0.340. The quantitative estimate of drug-likeness (QED) is 0.455. The molecular formula is C12H26N2. The van der Waals surface area contributed by atoms with E-state index in [4.69, 9.17) is 5.73 Å². The number of nitrogens with zero attached hydrogens (tertiary/aromatic N) is 1. The summed E-state index contributed by atoms with van der Waals surface area (Å²) >= 11 is 0. The van der Waals surface area contributed by atoms with Gasteiger partial charge in [-0.15, -0.1) is 6.58 Å². The lowest BCUT2D eigenvalue weighted by Gasteiger charge is -2.19. The molecule has 2 nitrogen and oxygen atoms in total. The number of nitrogens with two attached hydrogens (primary N) is 1. The van der Waals surface area contributed by atoms with E-state index in [1.54, 1.807) is 0 Å². The van der Waals surface area contributed by atoms with Gasteiger partial charge >= 0.3 is 0 Å². The molecule has 0 aromatic carbocycles. The zero-order valence-electron chi connectivity index (χ0n) is 9.84. The lowest BCUT2D eigenvalue weighted by Crippen LogP contribution is -2.25. The van der Waals surface area contributed by atoms with Gasteiger partial charge in [0.05, 0.1) is 0 Å². The summed E-state index contributed by atoms with van der Waals surface area (Å²) in [6.45, 7) is 9.12. The van der Waals surface area contributed by atoms with Gasteiger partial charge in [0, 0.05) is 0 Å². The van der Waals surface area contributed by atoms with Gasteiger partial charge in [-0.1, -0.05) is 19.4 Å².